The first-order valence-electron chi connectivity index (χ1n) is 6.59. The number of aromatic nitrogens is 1. The number of thiazole rings is 1. The molecule has 17 heavy (non-hydrogen) atoms. The summed E-state index contributed by atoms with van der Waals surface area (Å²) in [5.41, 5.74) is 1.08. The van der Waals surface area contributed by atoms with E-state index in [9.17, 15) is 4.79 Å². The normalized spacial score (nSPS) is 16.6. The smallest absolute Gasteiger partial charge is 0.139 e. The largest absolute Gasteiger partial charge is 0.299 e. The molecule has 0 radical (unpaired) electrons. The molecule has 0 aromatic carbocycles. The van der Waals surface area contributed by atoms with Crippen molar-refractivity contribution in [2.24, 2.45) is 5.92 Å². The Bertz CT molecular complexity index is 371. The molecule has 1 aliphatic rings. The molecule has 0 saturated heterocycles. The van der Waals surface area contributed by atoms with Crippen LogP contribution in [-0.4, -0.2) is 10.8 Å². The van der Waals surface area contributed by atoms with Crippen molar-refractivity contribution < 1.29 is 4.79 Å². The van der Waals surface area contributed by atoms with Crippen molar-refractivity contribution in [2.75, 3.05) is 0 Å². The number of aryl methyl sites for hydroxylation is 2. The minimum absolute atomic E-state index is 0.366. The van der Waals surface area contributed by atoms with Crippen molar-refractivity contribution >= 4 is 17.1 Å². The zero-order valence-electron chi connectivity index (χ0n) is 10.8. The monoisotopic (exact) mass is 251 g/mol. The molecule has 0 bridgehead atoms. The molecule has 0 aliphatic heterocycles. The average molecular weight is 251 g/mol. The lowest BCUT2D eigenvalue weighted by atomic mass is 9.99. The molecule has 0 atom stereocenters. The van der Waals surface area contributed by atoms with Crippen LogP contribution in [0.25, 0.3) is 0 Å². The molecule has 1 saturated carbocycles. The lowest BCUT2D eigenvalue weighted by Gasteiger charge is -2.06. The van der Waals surface area contributed by atoms with E-state index in [1.54, 1.807) is 11.3 Å². The Morgan fingerprint density at radius 3 is 2.65 bits per heavy atom. The Balaban J connectivity index is 1.76. The van der Waals surface area contributed by atoms with E-state index in [4.69, 9.17) is 0 Å². The van der Waals surface area contributed by atoms with E-state index in [-0.39, 0.29) is 0 Å². The SMILES string of the molecule is Cc1nc(CC(=O)CCC2CCCC2)sc1C. The summed E-state index contributed by atoms with van der Waals surface area (Å²) in [6.07, 6.45) is 7.80. The molecule has 1 fully saturated rings. The zero-order valence-corrected chi connectivity index (χ0v) is 11.6. The standard InChI is InChI=1S/C14H21NOS/c1-10-11(2)17-14(15-10)9-13(16)8-7-12-5-3-4-6-12/h12H,3-9H2,1-2H3. The van der Waals surface area contributed by atoms with Gasteiger partial charge < -0.3 is 0 Å². The van der Waals surface area contributed by atoms with Gasteiger partial charge in [-0.15, -0.1) is 11.3 Å². The number of carbonyl (C=O) groups is 1. The van der Waals surface area contributed by atoms with Crippen LogP contribution < -0.4 is 0 Å². The number of hydrogen-bond donors (Lipinski definition) is 0. The fourth-order valence-corrected chi connectivity index (χ4v) is 3.50. The van der Waals surface area contributed by atoms with Crippen molar-refractivity contribution in [1.82, 2.24) is 4.98 Å². The third-order valence-corrected chi connectivity index (χ3v) is 4.80. The maximum atomic E-state index is 11.9. The Labute approximate surface area is 107 Å². The van der Waals surface area contributed by atoms with Gasteiger partial charge in [0, 0.05) is 11.3 Å². The van der Waals surface area contributed by atoms with Crippen LogP contribution in [-0.2, 0) is 11.2 Å². The minimum atomic E-state index is 0.366. The number of rotatable bonds is 5. The highest BCUT2D eigenvalue weighted by Gasteiger charge is 2.17. The van der Waals surface area contributed by atoms with Crippen LogP contribution in [0.2, 0.25) is 0 Å². The number of carbonyl (C=O) groups excluding carboxylic acids is 1. The fraction of sp³-hybridized carbons (Fsp3) is 0.714. The predicted molar refractivity (Wildman–Crippen MR) is 71.5 cm³/mol. The van der Waals surface area contributed by atoms with Gasteiger partial charge in [-0.2, -0.15) is 0 Å². The van der Waals surface area contributed by atoms with Crippen molar-refractivity contribution in [2.45, 2.75) is 58.8 Å². The number of hydrogen-bond acceptors (Lipinski definition) is 3. The van der Waals surface area contributed by atoms with Crippen molar-refractivity contribution in [3.05, 3.63) is 15.6 Å². The van der Waals surface area contributed by atoms with E-state index in [0.29, 0.717) is 12.2 Å². The summed E-state index contributed by atoms with van der Waals surface area (Å²) in [6.45, 7) is 4.08. The zero-order chi connectivity index (χ0) is 12.3. The van der Waals surface area contributed by atoms with Gasteiger partial charge in [0.05, 0.1) is 12.1 Å². The molecule has 0 N–H and O–H groups in total. The quantitative estimate of drug-likeness (QED) is 0.795. The maximum absolute atomic E-state index is 11.9. The van der Waals surface area contributed by atoms with Gasteiger partial charge in [0.25, 0.3) is 0 Å². The second-order valence-electron chi connectivity index (χ2n) is 5.15. The molecule has 1 aliphatic carbocycles. The van der Waals surface area contributed by atoms with Gasteiger partial charge in [-0.05, 0) is 26.2 Å². The second kappa shape index (κ2) is 5.76. The van der Waals surface area contributed by atoms with Crippen molar-refractivity contribution in [3.8, 4) is 0 Å². The van der Waals surface area contributed by atoms with Gasteiger partial charge in [0.15, 0.2) is 0 Å². The van der Waals surface area contributed by atoms with Crippen LogP contribution in [0.1, 0.15) is 54.1 Å². The number of Topliss-reactive ketones (excluding diaryl/α,β-unsaturated/α-hetero) is 1. The molecule has 0 spiro atoms. The van der Waals surface area contributed by atoms with Crippen LogP contribution in [0.15, 0.2) is 0 Å². The highest BCUT2D eigenvalue weighted by molar-refractivity contribution is 7.11. The lowest BCUT2D eigenvalue weighted by molar-refractivity contribution is -0.118. The third kappa shape index (κ3) is 3.63. The van der Waals surface area contributed by atoms with Crippen LogP contribution in [0.3, 0.4) is 0 Å². The summed E-state index contributed by atoms with van der Waals surface area (Å²) in [5, 5.41) is 0.997. The molecule has 1 aromatic heterocycles. The van der Waals surface area contributed by atoms with Crippen LogP contribution in [0.5, 0.6) is 0 Å². The molecule has 3 heteroatoms. The van der Waals surface area contributed by atoms with Gasteiger partial charge in [-0.1, -0.05) is 25.7 Å². The van der Waals surface area contributed by atoms with E-state index in [2.05, 4.69) is 11.9 Å². The molecular formula is C14H21NOS. The topological polar surface area (TPSA) is 30.0 Å². The number of nitrogens with zero attached hydrogens (tertiary/aromatic N) is 1. The Morgan fingerprint density at radius 2 is 2.06 bits per heavy atom. The minimum Gasteiger partial charge on any atom is -0.299 e. The van der Waals surface area contributed by atoms with Crippen LogP contribution >= 0.6 is 11.3 Å². The summed E-state index contributed by atoms with van der Waals surface area (Å²) in [6, 6.07) is 0. The molecule has 2 rings (SSSR count). The van der Waals surface area contributed by atoms with Crippen molar-refractivity contribution in [1.29, 1.82) is 0 Å². The summed E-state index contributed by atoms with van der Waals surface area (Å²) in [7, 11) is 0. The van der Waals surface area contributed by atoms with Gasteiger partial charge in [0.2, 0.25) is 0 Å². The van der Waals surface area contributed by atoms with Gasteiger partial charge in [0.1, 0.15) is 10.8 Å². The first-order valence-corrected chi connectivity index (χ1v) is 7.41. The first-order chi connectivity index (χ1) is 8.15. The predicted octanol–water partition coefficient (Wildman–Crippen LogP) is 3.84. The summed E-state index contributed by atoms with van der Waals surface area (Å²) < 4.78 is 0. The summed E-state index contributed by atoms with van der Waals surface area (Å²) in [4.78, 5) is 17.5. The van der Waals surface area contributed by atoms with E-state index in [1.807, 2.05) is 6.92 Å². The highest BCUT2D eigenvalue weighted by atomic mass is 32.1. The Kier molecular flexibility index (Phi) is 4.32. The number of ketones is 1. The van der Waals surface area contributed by atoms with E-state index >= 15 is 0 Å². The summed E-state index contributed by atoms with van der Waals surface area (Å²) in [5.74, 6) is 1.18. The van der Waals surface area contributed by atoms with Crippen molar-refractivity contribution in [3.63, 3.8) is 0 Å². The van der Waals surface area contributed by atoms with Gasteiger partial charge in [-0.25, -0.2) is 4.98 Å². The fourth-order valence-electron chi connectivity index (χ4n) is 2.54. The maximum Gasteiger partial charge on any atom is 0.139 e. The van der Waals surface area contributed by atoms with Gasteiger partial charge in [-0.3, -0.25) is 4.79 Å². The van der Waals surface area contributed by atoms with Crippen LogP contribution in [0, 0.1) is 19.8 Å². The van der Waals surface area contributed by atoms with Crippen LogP contribution in [0.4, 0.5) is 0 Å². The Hall–Kier alpha value is -0.700. The Morgan fingerprint density at radius 1 is 1.35 bits per heavy atom. The summed E-state index contributed by atoms with van der Waals surface area (Å²) >= 11 is 1.67. The van der Waals surface area contributed by atoms with E-state index in [0.717, 1.165) is 29.5 Å². The average Bonchev–Trinajstić information content (AvgIpc) is 2.87. The van der Waals surface area contributed by atoms with E-state index in [1.165, 1.54) is 30.6 Å². The molecule has 2 nitrogen and oxygen atoms in total. The second-order valence-corrected chi connectivity index (χ2v) is 6.44. The van der Waals surface area contributed by atoms with Gasteiger partial charge >= 0.3 is 0 Å². The lowest BCUT2D eigenvalue weighted by Crippen LogP contribution is -2.05. The first kappa shape index (κ1) is 12.7. The molecule has 1 aromatic rings. The molecular weight excluding hydrogens is 230 g/mol. The molecule has 1 heterocycles. The van der Waals surface area contributed by atoms with E-state index < -0.39 is 0 Å². The molecule has 0 unspecified atom stereocenters. The molecule has 0 amide bonds. The molecule has 94 valence electrons. The highest BCUT2D eigenvalue weighted by Crippen LogP contribution is 2.28. The third-order valence-electron chi connectivity index (χ3n) is 3.73.